The molecular formula is C18H28N2O. The first-order chi connectivity index (χ1) is 9.79. The van der Waals surface area contributed by atoms with Gasteiger partial charge in [-0.2, -0.15) is 0 Å². The zero-order chi connectivity index (χ0) is 15.7. The molecule has 2 unspecified atom stereocenters. The van der Waals surface area contributed by atoms with Crippen molar-refractivity contribution in [1.82, 2.24) is 4.90 Å². The fraction of sp³-hybridized carbons (Fsp3) is 0.611. The monoisotopic (exact) mass is 288 g/mol. The SMILES string of the molecule is Cc1cc(C)c(C(N)CN2CC(C(C)C)CC2=O)c(C)c1. The van der Waals surface area contributed by atoms with E-state index in [9.17, 15) is 4.79 Å². The number of carbonyl (C=O) groups is 1. The van der Waals surface area contributed by atoms with Crippen molar-refractivity contribution in [3.05, 3.63) is 34.4 Å². The van der Waals surface area contributed by atoms with Crippen LogP contribution in [0.15, 0.2) is 12.1 Å². The van der Waals surface area contributed by atoms with Crippen molar-refractivity contribution >= 4 is 5.91 Å². The van der Waals surface area contributed by atoms with Crippen LogP contribution in [0.3, 0.4) is 0 Å². The van der Waals surface area contributed by atoms with Crippen LogP contribution in [0.5, 0.6) is 0 Å². The molecule has 1 saturated heterocycles. The van der Waals surface area contributed by atoms with Crippen LogP contribution in [0.4, 0.5) is 0 Å². The zero-order valence-electron chi connectivity index (χ0n) is 13.9. The highest BCUT2D eigenvalue weighted by Gasteiger charge is 2.32. The number of carbonyl (C=O) groups excluding carboxylic acids is 1. The lowest BCUT2D eigenvalue weighted by molar-refractivity contribution is -0.128. The van der Waals surface area contributed by atoms with Crippen molar-refractivity contribution in [2.75, 3.05) is 13.1 Å². The van der Waals surface area contributed by atoms with Crippen molar-refractivity contribution < 1.29 is 4.79 Å². The van der Waals surface area contributed by atoms with Crippen molar-refractivity contribution in [2.24, 2.45) is 17.6 Å². The molecule has 1 amide bonds. The van der Waals surface area contributed by atoms with Crippen molar-refractivity contribution in [3.63, 3.8) is 0 Å². The second-order valence-electron chi connectivity index (χ2n) is 6.93. The van der Waals surface area contributed by atoms with E-state index < -0.39 is 0 Å². The summed E-state index contributed by atoms with van der Waals surface area (Å²) < 4.78 is 0. The third-order valence-corrected chi connectivity index (χ3v) is 4.71. The van der Waals surface area contributed by atoms with Crippen LogP contribution in [0.2, 0.25) is 0 Å². The molecule has 116 valence electrons. The van der Waals surface area contributed by atoms with Gasteiger partial charge in [0.2, 0.25) is 5.91 Å². The highest BCUT2D eigenvalue weighted by Crippen LogP contribution is 2.28. The Labute approximate surface area is 128 Å². The van der Waals surface area contributed by atoms with Gasteiger partial charge in [0.15, 0.2) is 0 Å². The molecule has 1 aliphatic rings. The first-order valence-corrected chi connectivity index (χ1v) is 7.90. The standard InChI is InChI=1S/C18H28N2O/c1-11(2)15-8-17(21)20(9-15)10-16(19)18-13(4)6-12(3)7-14(18)5/h6-7,11,15-16H,8-10,19H2,1-5H3. The van der Waals surface area contributed by atoms with Crippen LogP contribution in [0, 0.1) is 32.6 Å². The highest BCUT2D eigenvalue weighted by atomic mass is 16.2. The number of likely N-dealkylation sites (tertiary alicyclic amines) is 1. The molecule has 1 heterocycles. The zero-order valence-corrected chi connectivity index (χ0v) is 13.9. The summed E-state index contributed by atoms with van der Waals surface area (Å²) >= 11 is 0. The quantitative estimate of drug-likeness (QED) is 0.925. The Kier molecular flexibility index (Phi) is 4.72. The van der Waals surface area contributed by atoms with Crippen molar-refractivity contribution in [1.29, 1.82) is 0 Å². The van der Waals surface area contributed by atoms with E-state index in [4.69, 9.17) is 5.73 Å². The number of hydrogen-bond donors (Lipinski definition) is 1. The number of rotatable bonds is 4. The van der Waals surface area contributed by atoms with Crippen molar-refractivity contribution in [2.45, 2.75) is 47.1 Å². The molecule has 0 saturated carbocycles. The minimum Gasteiger partial charge on any atom is -0.340 e. The molecule has 3 nitrogen and oxygen atoms in total. The molecule has 21 heavy (non-hydrogen) atoms. The van der Waals surface area contributed by atoms with Gasteiger partial charge in [-0.3, -0.25) is 4.79 Å². The number of nitrogens with zero attached hydrogens (tertiary/aromatic N) is 1. The molecule has 2 N–H and O–H groups in total. The van der Waals surface area contributed by atoms with Gasteiger partial charge in [-0.15, -0.1) is 0 Å². The molecule has 0 bridgehead atoms. The predicted molar refractivity (Wildman–Crippen MR) is 87.1 cm³/mol. The topological polar surface area (TPSA) is 46.3 Å². The molecule has 1 aromatic carbocycles. The fourth-order valence-electron chi connectivity index (χ4n) is 3.53. The third-order valence-electron chi connectivity index (χ3n) is 4.71. The first kappa shape index (κ1) is 16.0. The van der Waals surface area contributed by atoms with E-state index in [2.05, 4.69) is 46.8 Å². The molecule has 0 spiro atoms. The molecule has 0 aromatic heterocycles. The minimum absolute atomic E-state index is 0.0968. The van der Waals surface area contributed by atoms with Crippen LogP contribution in [0.1, 0.15) is 48.6 Å². The molecule has 1 fully saturated rings. The van der Waals surface area contributed by atoms with Gasteiger partial charge in [0.1, 0.15) is 0 Å². The lowest BCUT2D eigenvalue weighted by atomic mass is 9.94. The normalized spacial score (nSPS) is 20.4. The van der Waals surface area contributed by atoms with Gasteiger partial charge >= 0.3 is 0 Å². The number of nitrogens with two attached hydrogens (primary N) is 1. The van der Waals surface area contributed by atoms with Crippen LogP contribution in [0.25, 0.3) is 0 Å². The Morgan fingerprint density at radius 3 is 2.29 bits per heavy atom. The Hall–Kier alpha value is -1.35. The van der Waals surface area contributed by atoms with E-state index in [0.29, 0.717) is 24.8 Å². The summed E-state index contributed by atoms with van der Waals surface area (Å²) in [7, 11) is 0. The maximum atomic E-state index is 12.2. The van der Waals surface area contributed by atoms with E-state index in [1.807, 2.05) is 4.90 Å². The van der Waals surface area contributed by atoms with Crippen LogP contribution >= 0.6 is 0 Å². The van der Waals surface area contributed by atoms with Crippen LogP contribution in [-0.2, 0) is 4.79 Å². The summed E-state index contributed by atoms with van der Waals surface area (Å²) in [4.78, 5) is 14.1. The molecule has 0 radical (unpaired) electrons. The highest BCUT2D eigenvalue weighted by molar-refractivity contribution is 5.78. The number of benzene rings is 1. The molecule has 3 heteroatoms. The second-order valence-corrected chi connectivity index (χ2v) is 6.93. The Morgan fingerprint density at radius 2 is 1.81 bits per heavy atom. The summed E-state index contributed by atoms with van der Waals surface area (Å²) in [5, 5.41) is 0. The maximum absolute atomic E-state index is 12.2. The van der Waals surface area contributed by atoms with Crippen LogP contribution in [-0.4, -0.2) is 23.9 Å². The van der Waals surface area contributed by atoms with Gasteiger partial charge in [0, 0.05) is 25.6 Å². The summed E-state index contributed by atoms with van der Waals surface area (Å²) in [6, 6.07) is 4.25. The van der Waals surface area contributed by atoms with Crippen molar-refractivity contribution in [3.8, 4) is 0 Å². The number of amides is 1. The Balaban J connectivity index is 2.12. The predicted octanol–water partition coefficient (Wildman–Crippen LogP) is 3.12. The van der Waals surface area contributed by atoms with Crippen LogP contribution < -0.4 is 5.73 Å². The second kappa shape index (κ2) is 6.18. The molecule has 1 aliphatic heterocycles. The van der Waals surface area contributed by atoms with Gasteiger partial charge in [-0.05, 0) is 49.3 Å². The Bertz CT molecular complexity index is 513. The minimum atomic E-state index is -0.0968. The summed E-state index contributed by atoms with van der Waals surface area (Å²) in [5.74, 6) is 1.29. The average Bonchev–Trinajstić information content (AvgIpc) is 2.69. The van der Waals surface area contributed by atoms with E-state index in [1.165, 1.54) is 22.3 Å². The molecular weight excluding hydrogens is 260 g/mol. The number of aryl methyl sites for hydroxylation is 3. The van der Waals surface area contributed by atoms with Gasteiger partial charge in [0.05, 0.1) is 0 Å². The lowest BCUT2D eigenvalue weighted by Crippen LogP contribution is -2.34. The fourth-order valence-corrected chi connectivity index (χ4v) is 3.53. The van der Waals surface area contributed by atoms with E-state index in [1.54, 1.807) is 0 Å². The number of hydrogen-bond acceptors (Lipinski definition) is 2. The summed E-state index contributed by atoms with van der Waals surface area (Å²) in [6.07, 6.45) is 0.677. The van der Waals surface area contributed by atoms with Gasteiger partial charge in [-0.1, -0.05) is 31.5 Å². The lowest BCUT2D eigenvalue weighted by Gasteiger charge is -2.25. The van der Waals surface area contributed by atoms with E-state index in [0.717, 1.165) is 6.54 Å². The average molecular weight is 288 g/mol. The summed E-state index contributed by atoms with van der Waals surface area (Å²) in [5.41, 5.74) is 11.3. The van der Waals surface area contributed by atoms with Gasteiger partial charge in [0.25, 0.3) is 0 Å². The van der Waals surface area contributed by atoms with E-state index >= 15 is 0 Å². The largest absolute Gasteiger partial charge is 0.340 e. The van der Waals surface area contributed by atoms with Gasteiger partial charge < -0.3 is 10.6 Å². The molecule has 1 aromatic rings. The van der Waals surface area contributed by atoms with Gasteiger partial charge in [-0.25, -0.2) is 0 Å². The maximum Gasteiger partial charge on any atom is 0.222 e. The van der Waals surface area contributed by atoms with E-state index in [-0.39, 0.29) is 11.9 Å². The third kappa shape index (κ3) is 3.46. The Morgan fingerprint density at radius 1 is 1.24 bits per heavy atom. The smallest absolute Gasteiger partial charge is 0.222 e. The molecule has 2 rings (SSSR count). The summed E-state index contributed by atoms with van der Waals surface area (Å²) in [6.45, 7) is 12.2. The molecule has 0 aliphatic carbocycles. The molecule has 2 atom stereocenters. The first-order valence-electron chi connectivity index (χ1n) is 7.90.